The number of nitrogens with one attached hydrogen (secondary N) is 1. The molecule has 0 saturated carbocycles. The summed E-state index contributed by atoms with van der Waals surface area (Å²) in [5.74, 6) is -0.221. The molecular formula is C15H15BrFNO. The first-order chi connectivity index (χ1) is 9.27. The summed E-state index contributed by atoms with van der Waals surface area (Å²) in [5.41, 5.74) is 1.61. The molecule has 0 aliphatic carbocycles. The van der Waals surface area contributed by atoms with E-state index in [9.17, 15) is 4.39 Å². The Balaban J connectivity index is 1.71. The van der Waals surface area contributed by atoms with Crippen LogP contribution in [-0.2, 0) is 11.3 Å². The zero-order valence-corrected chi connectivity index (χ0v) is 12.0. The molecule has 0 bridgehead atoms. The molecule has 0 aliphatic heterocycles. The van der Waals surface area contributed by atoms with Gasteiger partial charge in [0.25, 0.3) is 0 Å². The molecule has 0 radical (unpaired) electrons. The van der Waals surface area contributed by atoms with Crippen molar-refractivity contribution >= 4 is 21.6 Å². The maximum absolute atomic E-state index is 13.3. The number of benzene rings is 2. The summed E-state index contributed by atoms with van der Waals surface area (Å²) in [5, 5.41) is 3.25. The molecule has 0 fully saturated rings. The summed E-state index contributed by atoms with van der Waals surface area (Å²) in [6, 6.07) is 14.5. The largest absolute Gasteiger partial charge is 0.382 e. The van der Waals surface area contributed by atoms with Crippen molar-refractivity contribution in [3.05, 3.63) is 64.4 Å². The summed E-state index contributed by atoms with van der Waals surface area (Å²) < 4.78 is 19.8. The van der Waals surface area contributed by atoms with Gasteiger partial charge in [-0.1, -0.05) is 30.3 Å². The monoisotopic (exact) mass is 323 g/mol. The number of rotatable bonds is 6. The molecule has 2 nitrogen and oxygen atoms in total. The molecule has 2 rings (SSSR count). The Kier molecular flexibility index (Phi) is 5.36. The average molecular weight is 324 g/mol. The standard InChI is InChI=1S/C15H15BrFNO/c16-13-6-2-4-8-15(13)18-9-10-19-11-12-5-1-3-7-14(12)17/h1-8,18H,9-11H2. The Labute approximate surface area is 120 Å². The maximum Gasteiger partial charge on any atom is 0.128 e. The SMILES string of the molecule is Fc1ccccc1COCCNc1ccccc1Br. The number of hydrogen-bond acceptors (Lipinski definition) is 2. The third kappa shape index (κ3) is 4.33. The van der Waals surface area contributed by atoms with E-state index in [1.165, 1.54) is 6.07 Å². The van der Waals surface area contributed by atoms with Gasteiger partial charge in [0, 0.05) is 22.3 Å². The Bertz CT molecular complexity index is 486. The van der Waals surface area contributed by atoms with Crippen molar-refractivity contribution in [2.24, 2.45) is 0 Å². The highest BCUT2D eigenvalue weighted by atomic mass is 79.9. The van der Waals surface area contributed by atoms with Gasteiger partial charge >= 0.3 is 0 Å². The second kappa shape index (κ2) is 7.26. The third-order valence-corrected chi connectivity index (χ3v) is 3.34. The topological polar surface area (TPSA) is 21.3 Å². The van der Waals surface area contributed by atoms with E-state index in [-0.39, 0.29) is 5.82 Å². The number of hydrogen-bond donors (Lipinski definition) is 1. The number of anilines is 1. The van der Waals surface area contributed by atoms with E-state index in [1.807, 2.05) is 24.3 Å². The van der Waals surface area contributed by atoms with Crippen LogP contribution in [0.4, 0.5) is 10.1 Å². The van der Waals surface area contributed by atoms with Gasteiger partial charge in [-0.05, 0) is 34.1 Å². The summed E-state index contributed by atoms with van der Waals surface area (Å²) in [6.45, 7) is 1.50. The highest BCUT2D eigenvalue weighted by Crippen LogP contribution is 2.20. The number of halogens is 2. The van der Waals surface area contributed by atoms with Crippen LogP contribution in [0.3, 0.4) is 0 Å². The lowest BCUT2D eigenvalue weighted by Gasteiger charge is -2.09. The van der Waals surface area contributed by atoms with Gasteiger partial charge in [-0.25, -0.2) is 4.39 Å². The predicted molar refractivity (Wildman–Crippen MR) is 78.7 cm³/mol. The molecule has 0 spiro atoms. The second-order valence-electron chi connectivity index (χ2n) is 4.05. The molecule has 0 atom stereocenters. The van der Waals surface area contributed by atoms with E-state index in [2.05, 4.69) is 21.2 Å². The summed E-state index contributed by atoms with van der Waals surface area (Å²) in [6.07, 6.45) is 0. The Morgan fingerprint density at radius 3 is 2.58 bits per heavy atom. The Morgan fingerprint density at radius 2 is 1.79 bits per heavy atom. The summed E-state index contributed by atoms with van der Waals surface area (Å²) in [4.78, 5) is 0. The van der Waals surface area contributed by atoms with Crippen LogP contribution in [-0.4, -0.2) is 13.2 Å². The highest BCUT2D eigenvalue weighted by Gasteiger charge is 2.00. The first kappa shape index (κ1) is 14.0. The van der Waals surface area contributed by atoms with Gasteiger partial charge in [-0.15, -0.1) is 0 Å². The van der Waals surface area contributed by atoms with Crippen LogP contribution in [0.1, 0.15) is 5.56 Å². The smallest absolute Gasteiger partial charge is 0.128 e. The molecule has 0 aliphatic rings. The Hall–Kier alpha value is -1.39. The van der Waals surface area contributed by atoms with Crippen molar-refractivity contribution in [1.82, 2.24) is 0 Å². The van der Waals surface area contributed by atoms with Crippen LogP contribution < -0.4 is 5.32 Å². The van der Waals surface area contributed by atoms with E-state index in [1.54, 1.807) is 18.2 Å². The zero-order valence-electron chi connectivity index (χ0n) is 10.4. The fraction of sp³-hybridized carbons (Fsp3) is 0.200. The van der Waals surface area contributed by atoms with E-state index >= 15 is 0 Å². The van der Waals surface area contributed by atoms with Crippen molar-refractivity contribution in [2.75, 3.05) is 18.5 Å². The first-order valence-corrected chi connectivity index (χ1v) is 6.86. The van der Waals surface area contributed by atoms with Crippen LogP contribution in [0.15, 0.2) is 53.0 Å². The van der Waals surface area contributed by atoms with Crippen molar-refractivity contribution < 1.29 is 9.13 Å². The molecule has 0 saturated heterocycles. The number of ether oxygens (including phenoxy) is 1. The lowest BCUT2D eigenvalue weighted by Crippen LogP contribution is -2.10. The molecule has 19 heavy (non-hydrogen) atoms. The molecule has 4 heteroatoms. The molecule has 100 valence electrons. The predicted octanol–water partition coefficient (Wildman–Crippen LogP) is 4.22. The Morgan fingerprint density at radius 1 is 1.05 bits per heavy atom. The summed E-state index contributed by atoms with van der Waals surface area (Å²) >= 11 is 3.46. The van der Waals surface area contributed by atoms with E-state index in [4.69, 9.17) is 4.74 Å². The van der Waals surface area contributed by atoms with Crippen molar-refractivity contribution in [1.29, 1.82) is 0 Å². The molecule has 0 unspecified atom stereocenters. The average Bonchev–Trinajstić information content (AvgIpc) is 2.42. The van der Waals surface area contributed by atoms with Gasteiger partial charge in [-0.3, -0.25) is 0 Å². The van der Waals surface area contributed by atoms with E-state index < -0.39 is 0 Å². The molecule has 0 heterocycles. The van der Waals surface area contributed by atoms with Crippen molar-refractivity contribution in [2.45, 2.75) is 6.61 Å². The quantitative estimate of drug-likeness (QED) is 0.804. The van der Waals surface area contributed by atoms with Gasteiger partial charge < -0.3 is 10.1 Å². The molecule has 0 aromatic heterocycles. The van der Waals surface area contributed by atoms with Gasteiger partial charge in [0.2, 0.25) is 0 Å². The highest BCUT2D eigenvalue weighted by molar-refractivity contribution is 9.10. The van der Waals surface area contributed by atoms with Crippen LogP contribution in [0.5, 0.6) is 0 Å². The fourth-order valence-electron chi connectivity index (χ4n) is 1.66. The second-order valence-corrected chi connectivity index (χ2v) is 4.90. The maximum atomic E-state index is 13.3. The summed E-state index contributed by atoms with van der Waals surface area (Å²) in [7, 11) is 0. The van der Waals surface area contributed by atoms with Gasteiger partial charge in [0.05, 0.1) is 13.2 Å². The minimum Gasteiger partial charge on any atom is -0.382 e. The van der Waals surface area contributed by atoms with Crippen LogP contribution in [0.2, 0.25) is 0 Å². The molecule has 0 amide bonds. The normalized spacial score (nSPS) is 10.4. The van der Waals surface area contributed by atoms with E-state index in [0.717, 1.165) is 10.2 Å². The van der Waals surface area contributed by atoms with Crippen LogP contribution >= 0.6 is 15.9 Å². The van der Waals surface area contributed by atoms with Gasteiger partial charge in [0.1, 0.15) is 5.82 Å². The minimum absolute atomic E-state index is 0.221. The zero-order chi connectivity index (χ0) is 13.5. The van der Waals surface area contributed by atoms with Crippen molar-refractivity contribution in [3.8, 4) is 0 Å². The lowest BCUT2D eigenvalue weighted by molar-refractivity contribution is 0.128. The molecule has 2 aromatic carbocycles. The lowest BCUT2D eigenvalue weighted by atomic mass is 10.2. The van der Waals surface area contributed by atoms with Gasteiger partial charge in [-0.2, -0.15) is 0 Å². The fourth-order valence-corrected chi connectivity index (χ4v) is 2.08. The number of para-hydroxylation sites is 1. The van der Waals surface area contributed by atoms with Crippen LogP contribution in [0.25, 0.3) is 0 Å². The molecular weight excluding hydrogens is 309 g/mol. The van der Waals surface area contributed by atoms with Gasteiger partial charge in [0.15, 0.2) is 0 Å². The van der Waals surface area contributed by atoms with Crippen molar-refractivity contribution in [3.63, 3.8) is 0 Å². The molecule has 2 aromatic rings. The van der Waals surface area contributed by atoms with E-state index in [0.29, 0.717) is 25.3 Å². The minimum atomic E-state index is -0.221. The van der Waals surface area contributed by atoms with Crippen LogP contribution in [0, 0.1) is 5.82 Å². The molecule has 1 N–H and O–H groups in total. The first-order valence-electron chi connectivity index (χ1n) is 6.07. The third-order valence-electron chi connectivity index (χ3n) is 2.65.